The Labute approximate surface area is 118 Å². The summed E-state index contributed by atoms with van der Waals surface area (Å²) in [6, 6.07) is 7.16. The lowest BCUT2D eigenvalue weighted by molar-refractivity contribution is -0.123. The van der Waals surface area contributed by atoms with Gasteiger partial charge in [0, 0.05) is 11.6 Å². The van der Waals surface area contributed by atoms with E-state index in [1.165, 1.54) is 0 Å². The number of hydrogen-bond donors (Lipinski definition) is 3. The van der Waals surface area contributed by atoms with E-state index in [0.29, 0.717) is 18.0 Å². The SMILES string of the molecule is CCC(NC(=O)C1CC(O)CN1)c1cccc(Cl)c1. The predicted octanol–water partition coefficient (Wildman–Crippen LogP) is 1.63. The first-order chi connectivity index (χ1) is 9.10. The number of benzene rings is 1. The highest BCUT2D eigenvalue weighted by molar-refractivity contribution is 6.30. The molecule has 1 fully saturated rings. The lowest BCUT2D eigenvalue weighted by atomic mass is 10.0. The zero-order valence-corrected chi connectivity index (χ0v) is 11.7. The third-order valence-corrected chi connectivity index (χ3v) is 3.64. The molecule has 104 valence electrons. The van der Waals surface area contributed by atoms with Crippen molar-refractivity contribution in [2.75, 3.05) is 6.54 Å². The molecule has 0 radical (unpaired) electrons. The van der Waals surface area contributed by atoms with E-state index in [0.717, 1.165) is 12.0 Å². The fourth-order valence-corrected chi connectivity index (χ4v) is 2.53. The van der Waals surface area contributed by atoms with Crippen LogP contribution in [0.4, 0.5) is 0 Å². The van der Waals surface area contributed by atoms with Gasteiger partial charge in [0.2, 0.25) is 5.91 Å². The lowest BCUT2D eigenvalue weighted by Crippen LogP contribution is -2.41. The number of aliphatic hydroxyl groups excluding tert-OH is 1. The molecule has 1 heterocycles. The van der Waals surface area contributed by atoms with Crippen molar-refractivity contribution in [1.29, 1.82) is 0 Å². The molecule has 0 aromatic heterocycles. The molecule has 3 atom stereocenters. The topological polar surface area (TPSA) is 61.4 Å². The number of hydrogen-bond acceptors (Lipinski definition) is 3. The molecule has 5 heteroatoms. The van der Waals surface area contributed by atoms with Gasteiger partial charge in [0.05, 0.1) is 18.2 Å². The van der Waals surface area contributed by atoms with E-state index in [1.807, 2.05) is 31.2 Å². The number of rotatable bonds is 4. The van der Waals surface area contributed by atoms with Gasteiger partial charge in [-0.1, -0.05) is 30.7 Å². The largest absolute Gasteiger partial charge is 0.392 e. The van der Waals surface area contributed by atoms with Crippen molar-refractivity contribution in [3.05, 3.63) is 34.9 Å². The summed E-state index contributed by atoms with van der Waals surface area (Å²) in [5.74, 6) is -0.0663. The minimum atomic E-state index is -0.429. The van der Waals surface area contributed by atoms with Gasteiger partial charge >= 0.3 is 0 Å². The van der Waals surface area contributed by atoms with E-state index in [2.05, 4.69) is 10.6 Å². The molecule has 0 aliphatic carbocycles. The maximum Gasteiger partial charge on any atom is 0.237 e. The second kappa shape index (κ2) is 6.37. The van der Waals surface area contributed by atoms with E-state index in [4.69, 9.17) is 11.6 Å². The van der Waals surface area contributed by atoms with Gasteiger partial charge in [-0.05, 0) is 30.5 Å². The monoisotopic (exact) mass is 282 g/mol. The molecule has 1 aliphatic heterocycles. The number of carbonyl (C=O) groups is 1. The summed E-state index contributed by atoms with van der Waals surface area (Å²) >= 11 is 5.97. The third kappa shape index (κ3) is 3.69. The average molecular weight is 283 g/mol. The minimum absolute atomic E-state index is 0.0502. The summed E-state index contributed by atoms with van der Waals surface area (Å²) in [5.41, 5.74) is 1.00. The van der Waals surface area contributed by atoms with E-state index in [9.17, 15) is 9.90 Å². The molecule has 4 nitrogen and oxygen atoms in total. The van der Waals surface area contributed by atoms with E-state index in [1.54, 1.807) is 0 Å². The number of β-amino-alcohol motifs (C(OH)–C–C–N with tert-alkyl or cyclic N) is 1. The van der Waals surface area contributed by atoms with Gasteiger partial charge in [0.15, 0.2) is 0 Å². The van der Waals surface area contributed by atoms with Crippen LogP contribution in [0, 0.1) is 0 Å². The summed E-state index contributed by atoms with van der Waals surface area (Å²) < 4.78 is 0. The molecular formula is C14H19ClN2O2. The second-order valence-electron chi connectivity index (χ2n) is 4.87. The molecule has 0 bridgehead atoms. The molecule has 2 rings (SSSR count). The summed E-state index contributed by atoms with van der Waals surface area (Å²) in [6.45, 7) is 2.49. The van der Waals surface area contributed by atoms with Crippen LogP contribution in [0.2, 0.25) is 5.02 Å². The van der Waals surface area contributed by atoms with Gasteiger partial charge in [0.25, 0.3) is 0 Å². The van der Waals surface area contributed by atoms with Crippen molar-refractivity contribution in [1.82, 2.24) is 10.6 Å². The quantitative estimate of drug-likeness (QED) is 0.787. The second-order valence-corrected chi connectivity index (χ2v) is 5.31. The minimum Gasteiger partial charge on any atom is -0.392 e. The van der Waals surface area contributed by atoms with Gasteiger partial charge in [-0.15, -0.1) is 0 Å². The first-order valence-corrected chi connectivity index (χ1v) is 6.95. The Bertz CT molecular complexity index is 453. The molecule has 3 unspecified atom stereocenters. The molecule has 1 aromatic rings. The molecule has 1 amide bonds. The number of nitrogens with one attached hydrogen (secondary N) is 2. The van der Waals surface area contributed by atoms with Crippen LogP contribution in [0.3, 0.4) is 0 Å². The number of halogens is 1. The third-order valence-electron chi connectivity index (χ3n) is 3.40. The Balaban J connectivity index is 2.01. The van der Waals surface area contributed by atoms with Crippen molar-refractivity contribution in [3.8, 4) is 0 Å². The van der Waals surface area contributed by atoms with Crippen molar-refractivity contribution in [2.45, 2.75) is 38.0 Å². The fourth-order valence-electron chi connectivity index (χ4n) is 2.33. The summed E-state index contributed by atoms with van der Waals surface area (Å²) in [7, 11) is 0. The maximum absolute atomic E-state index is 12.1. The van der Waals surface area contributed by atoms with Crippen LogP contribution in [0.5, 0.6) is 0 Å². The smallest absolute Gasteiger partial charge is 0.237 e. The molecule has 1 aliphatic rings. The van der Waals surface area contributed by atoms with Gasteiger partial charge in [0.1, 0.15) is 0 Å². The number of amides is 1. The van der Waals surface area contributed by atoms with Crippen LogP contribution in [0.15, 0.2) is 24.3 Å². The predicted molar refractivity (Wildman–Crippen MR) is 75.0 cm³/mol. The van der Waals surface area contributed by atoms with E-state index < -0.39 is 6.10 Å². The highest BCUT2D eigenvalue weighted by Crippen LogP contribution is 2.21. The summed E-state index contributed by atoms with van der Waals surface area (Å²) in [5, 5.41) is 16.1. The standard InChI is InChI=1S/C14H19ClN2O2/c1-2-12(9-4-3-5-10(15)6-9)17-14(19)13-7-11(18)8-16-13/h3-6,11-13,16,18H,2,7-8H2,1H3,(H,17,19). The Morgan fingerprint density at radius 2 is 2.42 bits per heavy atom. The van der Waals surface area contributed by atoms with Gasteiger partial charge in [-0.3, -0.25) is 4.79 Å². The number of aliphatic hydroxyl groups is 1. The van der Waals surface area contributed by atoms with Crippen LogP contribution >= 0.6 is 11.6 Å². The van der Waals surface area contributed by atoms with Crippen LogP contribution in [-0.4, -0.2) is 29.7 Å². The molecule has 0 saturated carbocycles. The van der Waals surface area contributed by atoms with Gasteiger partial charge < -0.3 is 15.7 Å². The zero-order valence-electron chi connectivity index (χ0n) is 10.9. The van der Waals surface area contributed by atoms with Gasteiger partial charge in [-0.25, -0.2) is 0 Å². The van der Waals surface area contributed by atoms with Crippen molar-refractivity contribution in [2.24, 2.45) is 0 Å². The van der Waals surface area contributed by atoms with Gasteiger partial charge in [-0.2, -0.15) is 0 Å². The average Bonchev–Trinajstić information content (AvgIpc) is 2.82. The van der Waals surface area contributed by atoms with Crippen LogP contribution in [-0.2, 0) is 4.79 Å². The zero-order chi connectivity index (χ0) is 13.8. The van der Waals surface area contributed by atoms with E-state index >= 15 is 0 Å². The highest BCUT2D eigenvalue weighted by atomic mass is 35.5. The Morgan fingerprint density at radius 3 is 3.00 bits per heavy atom. The summed E-state index contributed by atoms with van der Waals surface area (Å²) in [6.07, 6.45) is 0.834. The highest BCUT2D eigenvalue weighted by Gasteiger charge is 2.29. The Kier molecular flexibility index (Phi) is 4.80. The lowest BCUT2D eigenvalue weighted by Gasteiger charge is -2.20. The van der Waals surface area contributed by atoms with Crippen molar-refractivity contribution >= 4 is 17.5 Å². The molecule has 3 N–H and O–H groups in total. The summed E-state index contributed by atoms with van der Waals surface area (Å²) in [4.78, 5) is 12.1. The van der Waals surface area contributed by atoms with Crippen LogP contribution in [0.25, 0.3) is 0 Å². The molecule has 19 heavy (non-hydrogen) atoms. The molecule has 0 spiro atoms. The first kappa shape index (κ1) is 14.3. The first-order valence-electron chi connectivity index (χ1n) is 6.57. The normalized spacial score (nSPS) is 24.2. The number of carbonyl (C=O) groups excluding carboxylic acids is 1. The van der Waals surface area contributed by atoms with Crippen molar-refractivity contribution in [3.63, 3.8) is 0 Å². The van der Waals surface area contributed by atoms with Crippen LogP contribution < -0.4 is 10.6 Å². The Hall–Kier alpha value is -1.10. The molecule has 1 saturated heterocycles. The fraction of sp³-hybridized carbons (Fsp3) is 0.500. The van der Waals surface area contributed by atoms with Crippen LogP contribution in [0.1, 0.15) is 31.4 Å². The molecular weight excluding hydrogens is 264 g/mol. The Morgan fingerprint density at radius 1 is 1.63 bits per heavy atom. The van der Waals surface area contributed by atoms with E-state index in [-0.39, 0.29) is 18.0 Å². The molecule has 1 aromatic carbocycles. The maximum atomic E-state index is 12.1. The van der Waals surface area contributed by atoms with Crippen molar-refractivity contribution < 1.29 is 9.90 Å².